The minimum atomic E-state index is -3.31. The first kappa shape index (κ1) is 34.4. The lowest BCUT2D eigenvalue weighted by Crippen LogP contribution is -2.76. The van der Waals surface area contributed by atoms with Crippen molar-refractivity contribution >= 4 is 37.4 Å². The first-order chi connectivity index (χ1) is 21.8. The van der Waals surface area contributed by atoms with Crippen LogP contribution < -0.4 is 20.7 Å². The second-order valence-electron chi connectivity index (χ2n) is 14.5. The highest BCUT2D eigenvalue weighted by molar-refractivity contribution is 7.00. The largest absolute Gasteiger partial charge is 0.399 e. The molecule has 1 fully saturated rings. The highest BCUT2D eigenvalue weighted by Crippen LogP contribution is 2.43. The summed E-state index contributed by atoms with van der Waals surface area (Å²) in [7, 11) is -6.62. The standard InChI is InChI=1S/C38H48O6Si2/c1-37(2,3)45(27-19-11-7-12-20-27,28-21-13-8-14-22-28)43-35-33(41)31(39)32(40)34(42)36(35)44-46(38(4,5)6,29-23-15-9-16-24-29)30-25-17-10-18-26-30/h7-26,31-36,39-42H,1-6H3/t31-,32-,33-,34+,35-,36-/m0/s1. The van der Waals surface area contributed by atoms with Crippen LogP contribution >= 0.6 is 0 Å². The molecule has 1 aliphatic carbocycles. The summed E-state index contributed by atoms with van der Waals surface area (Å²) in [6.45, 7) is 12.8. The third-order valence-electron chi connectivity index (χ3n) is 9.51. The molecule has 0 unspecified atom stereocenters. The molecule has 4 aromatic rings. The van der Waals surface area contributed by atoms with Crippen LogP contribution in [0.4, 0.5) is 0 Å². The SMILES string of the molecule is CC(C)(C)[Si](O[C@H]1[C@H](O)[C@@H](O)[C@H](O)[C@H](O)[C@@H]1O[Si](c1ccccc1)(c1ccccc1)C(C)(C)C)(c1ccccc1)c1ccccc1. The summed E-state index contributed by atoms with van der Waals surface area (Å²) in [5.74, 6) is 0. The molecule has 244 valence electrons. The predicted octanol–water partition coefficient (Wildman–Crippen LogP) is 3.33. The lowest BCUT2D eigenvalue weighted by atomic mass is 9.85. The zero-order chi connectivity index (χ0) is 33.3. The van der Waals surface area contributed by atoms with Crippen molar-refractivity contribution in [2.75, 3.05) is 0 Å². The second-order valence-corrected chi connectivity index (χ2v) is 23.0. The Morgan fingerprint density at radius 1 is 0.391 bits per heavy atom. The Labute approximate surface area is 275 Å². The van der Waals surface area contributed by atoms with E-state index in [9.17, 15) is 20.4 Å². The summed E-state index contributed by atoms with van der Waals surface area (Å²) >= 11 is 0. The average Bonchev–Trinajstić information content (AvgIpc) is 3.05. The van der Waals surface area contributed by atoms with Gasteiger partial charge in [0.2, 0.25) is 0 Å². The van der Waals surface area contributed by atoms with Gasteiger partial charge in [-0.1, -0.05) is 163 Å². The maximum Gasteiger partial charge on any atom is 0.261 e. The van der Waals surface area contributed by atoms with E-state index in [0.29, 0.717) is 0 Å². The molecule has 6 nitrogen and oxygen atoms in total. The fourth-order valence-corrected chi connectivity index (χ4v) is 16.6. The van der Waals surface area contributed by atoms with Crippen LogP contribution in [0.15, 0.2) is 121 Å². The maximum atomic E-state index is 11.9. The Hall–Kier alpha value is -2.93. The zero-order valence-electron chi connectivity index (χ0n) is 27.6. The molecule has 0 saturated heterocycles. The van der Waals surface area contributed by atoms with Crippen LogP contribution in [0, 0.1) is 0 Å². The topological polar surface area (TPSA) is 99.4 Å². The molecule has 4 aromatic carbocycles. The van der Waals surface area contributed by atoms with Crippen molar-refractivity contribution in [1.82, 2.24) is 0 Å². The molecule has 4 N–H and O–H groups in total. The van der Waals surface area contributed by atoms with Crippen LogP contribution in [0.25, 0.3) is 0 Å². The van der Waals surface area contributed by atoms with Crippen molar-refractivity contribution in [2.45, 2.75) is 88.2 Å². The monoisotopic (exact) mass is 656 g/mol. The Morgan fingerprint density at radius 3 is 0.804 bits per heavy atom. The summed E-state index contributed by atoms with van der Waals surface area (Å²) in [5, 5.41) is 49.1. The van der Waals surface area contributed by atoms with E-state index in [1.807, 2.05) is 72.8 Å². The number of hydrogen-bond donors (Lipinski definition) is 4. The smallest absolute Gasteiger partial charge is 0.261 e. The molecule has 0 aromatic heterocycles. The summed E-state index contributed by atoms with van der Waals surface area (Å²) in [5.41, 5.74) is 0. The van der Waals surface area contributed by atoms with Crippen molar-refractivity contribution in [2.24, 2.45) is 0 Å². The molecule has 5 rings (SSSR count). The van der Waals surface area contributed by atoms with Gasteiger partial charge in [0.1, 0.15) is 36.6 Å². The normalized spacial score (nSPS) is 24.5. The molecule has 1 aliphatic rings. The van der Waals surface area contributed by atoms with Gasteiger partial charge in [-0.3, -0.25) is 0 Å². The fraction of sp³-hybridized carbons (Fsp3) is 0.368. The Kier molecular flexibility index (Phi) is 9.94. The Morgan fingerprint density at radius 2 is 0.609 bits per heavy atom. The second kappa shape index (κ2) is 13.3. The highest BCUT2D eigenvalue weighted by Gasteiger charge is 2.61. The van der Waals surface area contributed by atoms with Crippen molar-refractivity contribution < 1.29 is 29.3 Å². The van der Waals surface area contributed by atoms with Crippen molar-refractivity contribution in [3.8, 4) is 0 Å². The van der Waals surface area contributed by atoms with E-state index in [0.717, 1.165) is 20.7 Å². The van der Waals surface area contributed by atoms with Gasteiger partial charge < -0.3 is 29.3 Å². The maximum absolute atomic E-state index is 11.9. The van der Waals surface area contributed by atoms with E-state index in [1.54, 1.807) is 0 Å². The van der Waals surface area contributed by atoms with Gasteiger partial charge in [0, 0.05) is 0 Å². The molecule has 8 heteroatoms. The molecule has 46 heavy (non-hydrogen) atoms. The third-order valence-corrected chi connectivity index (χ3v) is 19.6. The van der Waals surface area contributed by atoms with Gasteiger partial charge in [-0.2, -0.15) is 0 Å². The van der Waals surface area contributed by atoms with Gasteiger partial charge in [0.15, 0.2) is 0 Å². The van der Waals surface area contributed by atoms with Crippen molar-refractivity contribution in [1.29, 1.82) is 0 Å². The quantitative estimate of drug-likeness (QED) is 0.217. The average molecular weight is 657 g/mol. The van der Waals surface area contributed by atoms with Gasteiger partial charge in [-0.15, -0.1) is 0 Å². The number of rotatable bonds is 8. The summed E-state index contributed by atoms with van der Waals surface area (Å²) < 4.78 is 14.8. The number of aliphatic hydroxyl groups is 4. The van der Waals surface area contributed by atoms with E-state index in [1.165, 1.54) is 0 Å². The van der Waals surface area contributed by atoms with E-state index >= 15 is 0 Å². The molecule has 6 atom stereocenters. The Bertz CT molecular complexity index is 1340. The van der Waals surface area contributed by atoms with Gasteiger partial charge >= 0.3 is 0 Å². The number of aliphatic hydroxyl groups excluding tert-OH is 4. The first-order valence-corrected chi connectivity index (χ1v) is 19.9. The summed E-state index contributed by atoms with van der Waals surface area (Å²) in [6.07, 6.45) is -8.72. The lowest BCUT2D eigenvalue weighted by Gasteiger charge is -2.54. The van der Waals surface area contributed by atoms with Gasteiger partial charge in [0.05, 0.1) is 0 Å². The van der Waals surface area contributed by atoms with Gasteiger partial charge in [0.25, 0.3) is 16.6 Å². The van der Waals surface area contributed by atoms with Crippen LogP contribution in [0.1, 0.15) is 41.5 Å². The molecular formula is C38H48O6Si2. The van der Waals surface area contributed by atoms with E-state index in [-0.39, 0.29) is 0 Å². The minimum Gasteiger partial charge on any atom is -0.399 e. The molecule has 0 radical (unpaired) electrons. The van der Waals surface area contributed by atoms with Crippen LogP contribution in [0.3, 0.4) is 0 Å². The van der Waals surface area contributed by atoms with E-state index in [4.69, 9.17) is 8.85 Å². The summed E-state index contributed by atoms with van der Waals surface area (Å²) in [6, 6.07) is 40.1. The lowest BCUT2D eigenvalue weighted by molar-refractivity contribution is -0.214. The van der Waals surface area contributed by atoms with Crippen LogP contribution in [-0.2, 0) is 8.85 Å². The van der Waals surface area contributed by atoms with Gasteiger partial charge in [-0.05, 0) is 30.8 Å². The summed E-state index contributed by atoms with van der Waals surface area (Å²) in [4.78, 5) is 0. The zero-order valence-corrected chi connectivity index (χ0v) is 29.6. The molecule has 0 aliphatic heterocycles. The van der Waals surface area contributed by atoms with Crippen LogP contribution in [-0.4, -0.2) is 73.7 Å². The van der Waals surface area contributed by atoms with E-state index < -0.39 is 63.3 Å². The van der Waals surface area contributed by atoms with Crippen molar-refractivity contribution in [3.05, 3.63) is 121 Å². The molecular weight excluding hydrogens is 609 g/mol. The fourth-order valence-electron chi connectivity index (χ4n) is 7.25. The van der Waals surface area contributed by atoms with Gasteiger partial charge in [-0.25, -0.2) is 0 Å². The third kappa shape index (κ3) is 5.97. The minimum absolute atomic E-state index is 0.455. The molecule has 0 bridgehead atoms. The molecule has 0 amide bonds. The van der Waals surface area contributed by atoms with Crippen molar-refractivity contribution in [3.63, 3.8) is 0 Å². The molecule has 0 spiro atoms. The molecule has 0 heterocycles. The van der Waals surface area contributed by atoms with Crippen LogP contribution in [0.5, 0.6) is 0 Å². The number of hydrogen-bond acceptors (Lipinski definition) is 6. The first-order valence-electron chi connectivity index (χ1n) is 16.1. The van der Waals surface area contributed by atoms with E-state index in [2.05, 4.69) is 90.1 Å². The van der Waals surface area contributed by atoms with Crippen LogP contribution in [0.2, 0.25) is 10.1 Å². The Balaban J connectivity index is 1.76. The molecule has 1 saturated carbocycles. The predicted molar refractivity (Wildman–Crippen MR) is 189 cm³/mol. The highest BCUT2D eigenvalue weighted by atomic mass is 28.4. The number of benzene rings is 4.